The third kappa shape index (κ3) is 2.20. The van der Waals surface area contributed by atoms with Gasteiger partial charge in [-0.3, -0.25) is 0 Å². The Morgan fingerprint density at radius 3 is 2.38 bits per heavy atom. The second-order valence-corrected chi connectivity index (χ2v) is 4.17. The quantitative estimate of drug-likeness (QED) is 0.734. The highest BCUT2D eigenvalue weighted by atomic mass is 19.1. The Morgan fingerprint density at radius 1 is 1.46 bits per heavy atom. The molecule has 0 amide bonds. The van der Waals surface area contributed by atoms with Gasteiger partial charge in [-0.05, 0) is 24.7 Å². The maximum atomic E-state index is 14.3. The molecule has 1 fully saturated rings. The summed E-state index contributed by atoms with van der Waals surface area (Å²) in [5.41, 5.74) is 4.33. The van der Waals surface area contributed by atoms with E-state index < -0.39 is 5.67 Å². The average molecular weight is 189 g/mol. The maximum absolute atomic E-state index is 14.3. The monoisotopic (exact) mass is 189 g/mol. The average Bonchev–Trinajstić information content (AvgIpc) is 2.17. The lowest BCUT2D eigenvalue weighted by Crippen LogP contribution is -2.47. The molecule has 0 aromatic heterocycles. The Bertz CT molecular complexity index is 157. The van der Waals surface area contributed by atoms with Crippen molar-refractivity contribution in [2.45, 2.75) is 32.4 Å². The van der Waals surface area contributed by atoms with E-state index in [0.29, 0.717) is 13.2 Å². The first-order valence-electron chi connectivity index (χ1n) is 5.08. The molecule has 1 heterocycles. The van der Waals surface area contributed by atoms with E-state index in [9.17, 15) is 4.39 Å². The highest BCUT2D eigenvalue weighted by molar-refractivity contribution is 4.91. The summed E-state index contributed by atoms with van der Waals surface area (Å²) in [5, 5.41) is 0. The minimum absolute atomic E-state index is 0.000556. The summed E-state index contributed by atoms with van der Waals surface area (Å²) in [6, 6.07) is 0. The van der Waals surface area contributed by atoms with Gasteiger partial charge in [-0.1, -0.05) is 13.8 Å². The Hall–Kier alpha value is -0.150. The van der Waals surface area contributed by atoms with Crippen LogP contribution in [-0.2, 0) is 4.74 Å². The van der Waals surface area contributed by atoms with Crippen LogP contribution in [0.1, 0.15) is 26.7 Å². The van der Waals surface area contributed by atoms with Gasteiger partial charge >= 0.3 is 0 Å². The Kier molecular flexibility index (Phi) is 3.68. The molecule has 0 saturated carbocycles. The van der Waals surface area contributed by atoms with E-state index in [2.05, 4.69) is 0 Å². The minimum Gasteiger partial charge on any atom is -0.381 e. The molecule has 1 aliphatic rings. The summed E-state index contributed by atoms with van der Waals surface area (Å²) < 4.78 is 19.6. The predicted octanol–water partition coefficient (Wildman–Crippen LogP) is 1.74. The van der Waals surface area contributed by atoms with Crippen LogP contribution in [0.4, 0.5) is 4.39 Å². The molecule has 2 nitrogen and oxygen atoms in total. The zero-order chi connectivity index (χ0) is 9.90. The van der Waals surface area contributed by atoms with E-state index in [-0.39, 0.29) is 18.4 Å². The summed E-state index contributed by atoms with van der Waals surface area (Å²) in [4.78, 5) is 0. The molecular formula is C10H20FNO. The molecule has 1 saturated heterocycles. The number of rotatable bonds is 3. The van der Waals surface area contributed by atoms with Crippen LogP contribution in [0.25, 0.3) is 0 Å². The van der Waals surface area contributed by atoms with Crippen molar-refractivity contribution in [1.82, 2.24) is 0 Å². The number of alkyl halides is 1. The normalized spacial score (nSPS) is 24.7. The molecule has 1 unspecified atom stereocenters. The first-order valence-corrected chi connectivity index (χ1v) is 5.08. The standard InChI is InChI=1S/C10H20FNO/c1-8(2)10(11,7-12)9-3-5-13-6-4-9/h8-9H,3-7,12H2,1-2H3. The molecule has 1 aliphatic heterocycles. The first kappa shape index (κ1) is 10.9. The second-order valence-electron chi connectivity index (χ2n) is 4.17. The highest BCUT2D eigenvalue weighted by Crippen LogP contribution is 2.35. The van der Waals surface area contributed by atoms with Gasteiger partial charge in [0.05, 0.1) is 0 Å². The molecule has 0 radical (unpaired) electrons. The number of nitrogens with two attached hydrogens (primary N) is 1. The smallest absolute Gasteiger partial charge is 0.128 e. The van der Waals surface area contributed by atoms with Crippen LogP contribution >= 0.6 is 0 Å². The molecule has 0 aromatic rings. The van der Waals surface area contributed by atoms with Crippen LogP contribution in [0.2, 0.25) is 0 Å². The molecule has 1 atom stereocenters. The summed E-state index contributed by atoms with van der Waals surface area (Å²) in [5.74, 6) is 0.0897. The summed E-state index contributed by atoms with van der Waals surface area (Å²) >= 11 is 0. The van der Waals surface area contributed by atoms with Crippen LogP contribution in [0.5, 0.6) is 0 Å². The van der Waals surface area contributed by atoms with E-state index in [4.69, 9.17) is 10.5 Å². The van der Waals surface area contributed by atoms with Gasteiger partial charge in [0.25, 0.3) is 0 Å². The molecule has 1 rings (SSSR count). The Morgan fingerprint density at radius 2 is 2.00 bits per heavy atom. The molecule has 3 heteroatoms. The lowest BCUT2D eigenvalue weighted by molar-refractivity contribution is -0.0310. The molecule has 13 heavy (non-hydrogen) atoms. The third-order valence-corrected chi connectivity index (χ3v) is 3.17. The van der Waals surface area contributed by atoms with E-state index in [1.165, 1.54) is 0 Å². The van der Waals surface area contributed by atoms with Gasteiger partial charge < -0.3 is 10.5 Å². The fourth-order valence-corrected chi connectivity index (χ4v) is 2.05. The van der Waals surface area contributed by atoms with Crippen LogP contribution in [0.15, 0.2) is 0 Å². The van der Waals surface area contributed by atoms with Crippen molar-refractivity contribution in [2.75, 3.05) is 19.8 Å². The lowest BCUT2D eigenvalue weighted by Gasteiger charge is -2.38. The first-order chi connectivity index (χ1) is 6.11. The minimum atomic E-state index is -1.19. The summed E-state index contributed by atoms with van der Waals surface area (Å²) in [6.07, 6.45) is 1.62. The van der Waals surface area contributed by atoms with Crippen LogP contribution in [0, 0.1) is 11.8 Å². The van der Waals surface area contributed by atoms with E-state index in [1.807, 2.05) is 13.8 Å². The molecule has 78 valence electrons. The Labute approximate surface area is 79.6 Å². The largest absolute Gasteiger partial charge is 0.381 e. The van der Waals surface area contributed by atoms with E-state index in [1.54, 1.807) is 0 Å². The van der Waals surface area contributed by atoms with Crippen molar-refractivity contribution >= 4 is 0 Å². The maximum Gasteiger partial charge on any atom is 0.128 e. The van der Waals surface area contributed by atoms with Crippen LogP contribution in [0.3, 0.4) is 0 Å². The topological polar surface area (TPSA) is 35.2 Å². The second kappa shape index (κ2) is 4.38. The molecule has 0 aromatic carbocycles. The van der Waals surface area contributed by atoms with Gasteiger partial charge in [0.2, 0.25) is 0 Å². The SMILES string of the molecule is CC(C)C(F)(CN)C1CCOCC1. The molecular weight excluding hydrogens is 169 g/mol. The van der Waals surface area contributed by atoms with Crippen molar-refractivity contribution in [2.24, 2.45) is 17.6 Å². The molecule has 2 N–H and O–H groups in total. The van der Waals surface area contributed by atoms with Gasteiger partial charge in [-0.25, -0.2) is 4.39 Å². The highest BCUT2D eigenvalue weighted by Gasteiger charge is 2.41. The Balaban J connectivity index is 2.62. The van der Waals surface area contributed by atoms with Gasteiger partial charge in [0.1, 0.15) is 5.67 Å². The zero-order valence-electron chi connectivity index (χ0n) is 8.55. The van der Waals surface area contributed by atoms with E-state index >= 15 is 0 Å². The number of hydrogen-bond acceptors (Lipinski definition) is 2. The zero-order valence-corrected chi connectivity index (χ0v) is 8.55. The van der Waals surface area contributed by atoms with Crippen molar-refractivity contribution in [3.05, 3.63) is 0 Å². The fourth-order valence-electron chi connectivity index (χ4n) is 2.05. The third-order valence-electron chi connectivity index (χ3n) is 3.17. The number of hydrogen-bond donors (Lipinski definition) is 1. The summed E-state index contributed by atoms with van der Waals surface area (Å²) in [6.45, 7) is 5.31. The van der Waals surface area contributed by atoms with Crippen molar-refractivity contribution in [3.63, 3.8) is 0 Å². The fraction of sp³-hybridized carbons (Fsp3) is 1.00. The van der Waals surface area contributed by atoms with Crippen molar-refractivity contribution < 1.29 is 9.13 Å². The van der Waals surface area contributed by atoms with Gasteiger partial charge in [0, 0.05) is 19.8 Å². The number of ether oxygens (including phenoxy) is 1. The van der Waals surface area contributed by atoms with E-state index in [0.717, 1.165) is 12.8 Å². The van der Waals surface area contributed by atoms with Gasteiger partial charge in [-0.15, -0.1) is 0 Å². The summed E-state index contributed by atoms with van der Waals surface area (Å²) in [7, 11) is 0. The van der Waals surface area contributed by atoms with Gasteiger partial charge in [-0.2, -0.15) is 0 Å². The van der Waals surface area contributed by atoms with Gasteiger partial charge in [0.15, 0.2) is 0 Å². The van der Waals surface area contributed by atoms with Crippen LogP contribution < -0.4 is 5.73 Å². The number of halogens is 1. The molecule has 0 aliphatic carbocycles. The molecule has 0 spiro atoms. The van der Waals surface area contributed by atoms with Crippen molar-refractivity contribution in [1.29, 1.82) is 0 Å². The molecule has 0 bridgehead atoms. The predicted molar refractivity (Wildman–Crippen MR) is 51.3 cm³/mol. The van der Waals surface area contributed by atoms with Crippen molar-refractivity contribution in [3.8, 4) is 0 Å². The van der Waals surface area contributed by atoms with Crippen LogP contribution in [-0.4, -0.2) is 25.4 Å². The lowest BCUT2D eigenvalue weighted by atomic mass is 9.76.